The standard InChI is InChI=1S/C26H34ClN11O/c1-26(2,3)18-11-19(35-38(18)15-7-10-36(5)14-15)33-25-34-24-22(37(25)6)20(27)17(13-32-24)39-16(12-28)21-23(29-4)31-9-8-30-21/h8-9,11-13,15,28,30H,7,10,14H2,1-6H3,(H,29,31)(H,32,33,34,35)/b21-16+,28-12?/t15-/m0/s1. The van der Waals surface area contributed by atoms with Crippen molar-refractivity contribution in [1.29, 1.82) is 5.41 Å². The van der Waals surface area contributed by atoms with E-state index in [2.05, 4.69) is 74.4 Å². The van der Waals surface area contributed by atoms with Crippen molar-refractivity contribution >= 4 is 46.6 Å². The van der Waals surface area contributed by atoms with E-state index in [-0.39, 0.29) is 11.2 Å². The van der Waals surface area contributed by atoms with Crippen molar-refractivity contribution in [2.24, 2.45) is 12.0 Å². The summed E-state index contributed by atoms with van der Waals surface area (Å²) in [6.45, 7) is 8.63. The van der Waals surface area contributed by atoms with Crippen LogP contribution in [0.1, 0.15) is 38.9 Å². The maximum absolute atomic E-state index is 7.89. The minimum atomic E-state index is -0.0700. The lowest BCUT2D eigenvalue weighted by atomic mass is 9.91. The van der Waals surface area contributed by atoms with Crippen LogP contribution in [0.25, 0.3) is 11.2 Å². The molecule has 0 unspecified atom stereocenters. The van der Waals surface area contributed by atoms with E-state index in [1.165, 1.54) is 11.9 Å². The molecule has 39 heavy (non-hydrogen) atoms. The predicted octanol–water partition coefficient (Wildman–Crippen LogP) is 3.67. The smallest absolute Gasteiger partial charge is 0.210 e. The van der Waals surface area contributed by atoms with Crippen molar-refractivity contribution in [2.75, 3.05) is 32.5 Å². The average molecular weight is 552 g/mol. The van der Waals surface area contributed by atoms with Crippen LogP contribution < -0.4 is 20.7 Å². The maximum atomic E-state index is 7.89. The summed E-state index contributed by atoms with van der Waals surface area (Å²) in [6, 6.07) is 2.42. The fourth-order valence-corrected chi connectivity index (χ4v) is 5.13. The third kappa shape index (κ3) is 5.09. The number of halogens is 1. The Morgan fingerprint density at radius 3 is 2.77 bits per heavy atom. The number of ether oxygens (including phenoxy) is 1. The molecule has 0 spiro atoms. The van der Waals surface area contributed by atoms with E-state index in [0.717, 1.165) is 25.7 Å². The number of allylic oxidation sites excluding steroid dienone is 1. The van der Waals surface area contributed by atoms with E-state index in [9.17, 15) is 0 Å². The lowest BCUT2D eigenvalue weighted by Crippen LogP contribution is -2.31. The highest BCUT2D eigenvalue weighted by molar-refractivity contribution is 6.36. The Balaban J connectivity index is 1.47. The maximum Gasteiger partial charge on any atom is 0.210 e. The normalized spacial score (nSPS) is 19.2. The third-order valence-corrected chi connectivity index (χ3v) is 7.20. The number of imidazole rings is 1. The van der Waals surface area contributed by atoms with Gasteiger partial charge in [0.1, 0.15) is 16.2 Å². The number of aromatic nitrogens is 5. The van der Waals surface area contributed by atoms with E-state index in [0.29, 0.717) is 51.3 Å². The van der Waals surface area contributed by atoms with Crippen molar-refractivity contribution in [2.45, 2.75) is 38.6 Å². The van der Waals surface area contributed by atoms with E-state index >= 15 is 0 Å². The number of rotatable bonds is 6. The van der Waals surface area contributed by atoms with Crippen LogP contribution in [0, 0.1) is 5.41 Å². The number of aryl methyl sites for hydroxylation is 1. The van der Waals surface area contributed by atoms with Crippen molar-refractivity contribution in [3.63, 3.8) is 0 Å². The second-order valence-corrected chi connectivity index (χ2v) is 11.1. The van der Waals surface area contributed by atoms with Gasteiger partial charge in [-0.3, -0.25) is 4.68 Å². The molecule has 5 heterocycles. The molecule has 2 aliphatic rings. The first kappa shape index (κ1) is 26.7. The van der Waals surface area contributed by atoms with Crippen molar-refractivity contribution in [3.05, 3.63) is 46.8 Å². The molecule has 5 rings (SSSR count). The summed E-state index contributed by atoms with van der Waals surface area (Å²) in [6.07, 6.45) is 6.93. The summed E-state index contributed by atoms with van der Waals surface area (Å²) in [5.41, 5.74) is 2.67. The summed E-state index contributed by atoms with van der Waals surface area (Å²) >= 11 is 6.81. The molecule has 0 aliphatic carbocycles. The monoisotopic (exact) mass is 551 g/mol. The molecule has 0 aromatic carbocycles. The molecule has 206 valence electrons. The number of likely N-dealkylation sites (tertiary alicyclic amines) is 1. The Hall–Kier alpha value is -3.90. The van der Waals surface area contributed by atoms with Gasteiger partial charge in [0.25, 0.3) is 0 Å². The number of nitrogens with zero attached hydrogens (tertiary/aromatic N) is 7. The molecule has 0 amide bonds. The van der Waals surface area contributed by atoms with Crippen LogP contribution in [-0.4, -0.2) is 68.5 Å². The SMILES string of the molecule is CNC1=NC=CN/C1=C(\C=N)Oc1cnc2nc(Nc3cc(C(C)(C)C)n([C@H]4CCN(C)C4)n3)n(C)c2c1Cl. The number of likely N-dealkylation sites (N-methyl/N-ethyl adjacent to an activating group) is 2. The highest BCUT2D eigenvalue weighted by Gasteiger charge is 2.29. The second-order valence-electron chi connectivity index (χ2n) is 10.7. The van der Waals surface area contributed by atoms with Gasteiger partial charge in [0.15, 0.2) is 28.8 Å². The van der Waals surface area contributed by atoms with Crippen LogP contribution in [0.4, 0.5) is 11.8 Å². The molecule has 1 fully saturated rings. The van der Waals surface area contributed by atoms with Crippen LogP contribution in [0.15, 0.2) is 41.1 Å². The molecule has 0 bridgehead atoms. The van der Waals surface area contributed by atoms with Gasteiger partial charge in [0.05, 0.1) is 18.5 Å². The lowest BCUT2D eigenvalue weighted by molar-refractivity contribution is 0.366. The van der Waals surface area contributed by atoms with Gasteiger partial charge in [-0.25, -0.2) is 9.98 Å². The number of hydrogen-bond acceptors (Lipinski definition) is 10. The summed E-state index contributed by atoms with van der Waals surface area (Å²) < 4.78 is 10.0. The highest BCUT2D eigenvalue weighted by Crippen LogP contribution is 2.35. The molecule has 1 saturated heterocycles. The summed E-state index contributed by atoms with van der Waals surface area (Å²) in [5, 5.41) is 22.6. The summed E-state index contributed by atoms with van der Waals surface area (Å²) in [5.74, 6) is 2.33. The number of amidine groups is 1. The van der Waals surface area contributed by atoms with Gasteiger partial charge in [-0.1, -0.05) is 32.4 Å². The van der Waals surface area contributed by atoms with Crippen LogP contribution in [0.5, 0.6) is 5.75 Å². The number of hydrogen-bond donors (Lipinski definition) is 4. The molecular weight excluding hydrogens is 518 g/mol. The van der Waals surface area contributed by atoms with E-state index < -0.39 is 0 Å². The molecule has 0 radical (unpaired) electrons. The van der Waals surface area contributed by atoms with Crippen LogP contribution in [0.3, 0.4) is 0 Å². The Bertz CT molecular complexity index is 1510. The second kappa shape index (κ2) is 10.3. The molecule has 2 aliphatic heterocycles. The fourth-order valence-electron chi connectivity index (χ4n) is 4.83. The van der Waals surface area contributed by atoms with Gasteiger partial charge in [-0.15, -0.1) is 0 Å². The Morgan fingerprint density at radius 1 is 1.31 bits per heavy atom. The first-order valence-electron chi connectivity index (χ1n) is 12.8. The Morgan fingerprint density at radius 2 is 2.10 bits per heavy atom. The zero-order valence-corrected chi connectivity index (χ0v) is 23.8. The molecule has 1 atom stereocenters. The van der Waals surface area contributed by atoms with Crippen LogP contribution in [-0.2, 0) is 12.5 Å². The topological polar surface area (TPSA) is 133 Å². The van der Waals surface area contributed by atoms with E-state index in [1.54, 1.807) is 19.4 Å². The van der Waals surface area contributed by atoms with Gasteiger partial charge in [0, 0.05) is 50.2 Å². The molecule has 3 aromatic heterocycles. The number of anilines is 2. The average Bonchev–Trinajstić information content (AvgIpc) is 3.61. The number of pyridine rings is 1. The fraction of sp³-hybridized carbons (Fsp3) is 0.423. The lowest BCUT2D eigenvalue weighted by Gasteiger charge is -2.23. The molecule has 0 saturated carbocycles. The van der Waals surface area contributed by atoms with Crippen LogP contribution in [0.2, 0.25) is 5.02 Å². The minimum Gasteiger partial charge on any atom is -0.450 e. The van der Waals surface area contributed by atoms with Gasteiger partial charge in [-0.05, 0) is 20.0 Å². The Labute approximate surface area is 232 Å². The van der Waals surface area contributed by atoms with Gasteiger partial charge in [0.2, 0.25) is 5.95 Å². The van der Waals surface area contributed by atoms with Gasteiger partial charge in [-0.2, -0.15) is 10.1 Å². The van der Waals surface area contributed by atoms with Crippen molar-refractivity contribution < 1.29 is 4.74 Å². The zero-order valence-electron chi connectivity index (χ0n) is 23.0. The zero-order chi connectivity index (χ0) is 27.9. The number of aliphatic imine (C=N–C) groups is 1. The first-order valence-corrected chi connectivity index (χ1v) is 13.1. The summed E-state index contributed by atoms with van der Waals surface area (Å²) in [4.78, 5) is 15.7. The quantitative estimate of drug-likeness (QED) is 0.269. The van der Waals surface area contributed by atoms with Crippen molar-refractivity contribution in [3.8, 4) is 5.75 Å². The molecule has 13 heteroatoms. The summed E-state index contributed by atoms with van der Waals surface area (Å²) in [7, 11) is 5.74. The van der Waals surface area contributed by atoms with Crippen LogP contribution >= 0.6 is 11.6 Å². The molecular formula is C26H34ClN11O. The van der Waals surface area contributed by atoms with E-state index in [4.69, 9.17) is 26.8 Å². The molecule has 12 nitrogen and oxygen atoms in total. The van der Waals surface area contributed by atoms with Gasteiger partial charge >= 0.3 is 0 Å². The van der Waals surface area contributed by atoms with E-state index in [1.807, 2.05) is 11.6 Å². The number of fused-ring (bicyclic) bond motifs is 1. The number of nitrogens with one attached hydrogen (secondary N) is 4. The largest absolute Gasteiger partial charge is 0.450 e. The molecule has 4 N–H and O–H groups in total. The molecule has 3 aromatic rings. The minimum absolute atomic E-state index is 0.0700. The van der Waals surface area contributed by atoms with Gasteiger partial charge < -0.3 is 35.6 Å². The van der Waals surface area contributed by atoms with Crippen molar-refractivity contribution in [1.82, 2.24) is 39.8 Å². The third-order valence-electron chi connectivity index (χ3n) is 6.84. The predicted molar refractivity (Wildman–Crippen MR) is 154 cm³/mol. The first-order chi connectivity index (χ1) is 18.6. The highest BCUT2D eigenvalue weighted by atomic mass is 35.5. The Kier molecular flexibility index (Phi) is 7.08.